The second-order valence-corrected chi connectivity index (χ2v) is 5.00. The maximum Gasteiger partial charge on any atom is 0.230 e. The lowest BCUT2D eigenvalue weighted by atomic mass is 9.87. The van der Waals surface area contributed by atoms with Crippen molar-refractivity contribution in [1.82, 2.24) is 10.2 Å². The molecule has 1 aromatic rings. The van der Waals surface area contributed by atoms with E-state index in [-0.39, 0.29) is 11.8 Å². The van der Waals surface area contributed by atoms with Crippen LogP contribution in [0.2, 0.25) is 0 Å². The Hall–Kier alpha value is -1.35. The number of amides is 1. The normalized spacial score (nSPS) is 12.5. The summed E-state index contributed by atoms with van der Waals surface area (Å²) in [6, 6.07) is 10.0. The van der Waals surface area contributed by atoms with Crippen molar-refractivity contribution in [2.24, 2.45) is 5.92 Å². The van der Waals surface area contributed by atoms with Crippen molar-refractivity contribution < 1.29 is 4.79 Å². The zero-order valence-electron chi connectivity index (χ0n) is 11.8. The monoisotopic (exact) mass is 248 g/mol. The summed E-state index contributed by atoms with van der Waals surface area (Å²) in [5.41, 5.74) is 1.11. The molecule has 0 fully saturated rings. The fraction of sp³-hybridized carbons (Fsp3) is 0.533. The lowest BCUT2D eigenvalue weighted by Crippen LogP contribution is -2.37. The maximum absolute atomic E-state index is 12.5. The second kappa shape index (κ2) is 7.17. The highest BCUT2D eigenvalue weighted by Gasteiger charge is 2.26. The largest absolute Gasteiger partial charge is 0.344 e. The highest BCUT2D eigenvalue weighted by Crippen LogP contribution is 2.26. The number of rotatable bonds is 6. The number of likely N-dealkylation sites (N-methyl/N-ethyl adjacent to an activating group) is 2. The first kappa shape index (κ1) is 14.7. The van der Waals surface area contributed by atoms with Crippen LogP contribution in [0.25, 0.3) is 0 Å². The SMILES string of the molecule is CNCCN(C)C(=O)C(c1ccccc1)C(C)C. The van der Waals surface area contributed by atoms with E-state index in [1.165, 1.54) is 0 Å². The van der Waals surface area contributed by atoms with E-state index in [9.17, 15) is 4.79 Å². The molecule has 1 unspecified atom stereocenters. The molecule has 0 bridgehead atoms. The Morgan fingerprint density at radius 1 is 1.28 bits per heavy atom. The summed E-state index contributed by atoms with van der Waals surface area (Å²) in [5, 5.41) is 3.07. The minimum atomic E-state index is -0.0481. The number of carbonyl (C=O) groups is 1. The zero-order chi connectivity index (χ0) is 13.5. The van der Waals surface area contributed by atoms with E-state index in [0.29, 0.717) is 5.92 Å². The van der Waals surface area contributed by atoms with Crippen molar-refractivity contribution in [2.75, 3.05) is 27.2 Å². The molecule has 3 nitrogen and oxygen atoms in total. The predicted molar refractivity (Wildman–Crippen MR) is 75.6 cm³/mol. The van der Waals surface area contributed by atoms with Crippen LogP contribution in [-0.2, 0) is 4.79 Å². The van der Waals surface area contributed by atoms with E-state index in [4.69, 9.17) is 0 Å². The number of nitrogens with zero attached hydrogens (tertiary/aromatic N) is 1. The second-order valence-electron chi connectivity index (χ2n) is 5.00. The molecular weight excluding hydrogens is 224 g/mol. The summed E-state index contributed by atoms with van der Waals surface area (Å²) in [6.07, 6.45) is 0. The molecule has 1 amide bonds. The van der Waals surface area contributed by atoms with Crippen molar-refractivity contribution in [2.45, 2.75) is 19.8 Å². The van der Waals surface area contributed by atoms with Gasteiger partial charge in [0.1, 0.15) is 0 Å². The van der Waals surface area contributed by atoms with Gasteiger partial charge < -0.3 is 10.2 Å². The molecule has 0 saturated carbocycles. The number of nitrogens with one attached hydrogen (secondary N) is 1. The third kappa shape index (κ3) is 3.84. The van der Waals surface area contributed by atoms with Crippen LogP contribution in [0, 0.1) is 5.92 Å². The first-order chi connectivity index (χ1) is 8.57. The zero-order valence-corrected chi connectivity index (χ0v) is 11.8. The molecule has 0 aliphatic carbocycles. The highest BCUT2D eigenvalue weighted by atomic mass is 16.2. The van der Waals surface area contributed by atoms with Gasteiger partial charge in [0.25, 0.3) is 0 Å². The van der Waals surface area contributed by atoms with Gasteiger partial charge in [0.05, 0.1) is 5.92 Å². The van der Waals surface area contributed by atoms with Crippen LogP contribution in [0.4, 0.5) is 0 Å². The lowest BCUT2D eigenvalue weighted by molar-refractivity contribution is -0.132. The van der Waals surface area contributed by atoms with Crippen molar-refractivity contribution in [3.05, 3.63) is 35.9 Å². The molecule has 1 rings (SSSR count). The molecule has 0 spiro atoms. The van der Waals surface area contributed by atoms with Gasteiger partial charge in [0.2, 0.25) is 5.91 Å². The van der Waals surface area contributed by atoms with Crippen LogP contribution in [0.1, 0.15) is 25.3 Å². The molecule has 18 heavy (non-hydrogen) atoms. The van der Waals surface area contributed by atoms with E-state index in [0.717, 1.165) is 18.7 Å². The highest BCUT2D eigenvalue weighted by molar-refractivity contribution is 5.83. The van der Waals surface area contributed by atoms with Gasteiger partial charge in [-0.2, -0.15) is 0 Å². The molecule has 1 atom stereocenters. The molecule has 0 heterocycles. The summed E-state index contributed by atoms with van der Waals surface area (Å²) < 4.78 is 0. The minimum absolute atomic E-state index is 0.0481. The first-order valence-corrected chi connectivity index (χ1v) is 6.52. The van der Waals surface area contributed by atoms with E-state index in [2.05, 4.69) is 19.2 Å². The van der Waals surface area contributed by atoms with Crippen LogP contribution in [0.15, 0.2) is 30.3 Å². The average molecular weight is 248 g/mol. The molecule has 1 aromatic carbocycles. The summed E-state index contributed by atoms with van der Waals surface area (Å²) in [6.45, 7) is 5.76. The fourth-order valence-corrected chi connectivity index (χ4v) is 2.10. The maximum atomic E-state index is 12.5. The summed E-state index contributed by atoms with van der Waals surface area (Å²) in [4.78, 5) is 14.3. The van der Waals surface area contributed by atoms with Gasteiger partial charge in [0.15, 0.2) is 0 Å². The van der Waals surface area contributed by atoms with E-state index >= 15 is 0 Å². The van der Waals surface area contributed by atoms with Gasteiger partial charge in [-0.25, -0.2) is 0 Å². The lowest BCUT2D eigenvalue weighted by Gasteiger charge is -2.26. The molecule has 3 heteroatoms. The van der Waals surface area contributed by atoms with Crippen LogP contribution in [0.3, 0.4) is 0 Å². The van der Waals surface area contributed by atoms with Crippen molar-refractivity contribution in [1.29, 1.82) is 0 Å². The molecule has 1 N–H and O–H groups in total. The molecule has 0 aliphatic heterocycles. The van der Waals surface area contributed by atoms with Crippen LogP contribution < -0.4 is 5.32 Å². The van der Waals surface area contributed by atoms with Gasteiger partial charge in [-0.3, -0.25) is 4.79 Å². The average Bonchev–Trinajstić information content (AvgIpc) is 2.36. The minimum Gasteiger partial charge on any atom is -0.344 e. The van der Waals surface area contributed by atoms with E-state index in [1.54, 1.807) is 0 Å². The summed E-state index contributed by atoms with van der Waals surface area (Å²) >= 11 is 0. The van der Waals surface area contributed by atoms with Gasteiger partial charge in [-0.05, 0) is 18.5 Å². The Morgan fingerprint density at radius 2 is 1.89 bits per heavy atom. The number of hydrogen-bond acceptors (Lipinski definition) is 2. The number of benzene rings is 1. The quantitative estimate of drug-likeness (QED) is 0.836. The molecule has 0 radical (unpaired) electrons. The summed E-state index contributed by atoms with van der Waals surface area (Å²) in [7, 11) is 3.77. The molecule has 100 valence electrons. The molecular formula is C15H24N2O. The standard InChI is InChI=1S/C15H24N2O/c1-12(2)14(13-8-6-5-7-9-13)15(18)17(4)11-10-16-3/h5-9,12,14,16H,10-11H2,1-4H3. The van der Waals surface area contributed by atoms with Crippen LogP contribution in [-0.4, -0.2) is 38.0 Å². The van der Waals surface area contributed by atoms with E-state index < -0.39 is 0 Å². The Balaban J connectivity index is 2.83. The summed E-state index contributed by atoms with van der Waals surface area (Å²) in [5.74, 6) is 0.455. The third-order valence-electron chi connectivity index (χ3n) is 3.16. The first-order valence-electron chi connectivity index (χ1n) is 6.52. The van der Waals surface area contributed by atoms with Gasteiger partial charge in [-0.15, -0.1) is 0 Å². The molecule has 0 aromatic heterocycles. The predicted octanol–water partition coefficient (Wildman–Crippen LogP) is 2.10. The van der Waals surface area contributed by atoms with Crippen molar-refractivity contribution in [3.63, 3.8) is 0 Å². The Morgan fingerprint density at radius 3 is 2.39 bits per heavy atom. The van der Waals surface area contributed by atoms with Crippen molar-refractivity contribution in [3.8, 4) is 0 Å². The third-order valence-corrected chi connectivity index (χ3v) is 3.16. The Bertz CT molecular complexity index is 362. The number of hydrogen-bond donors (Lipinski definition) is 1. The fourth-order valence-electron chi connectivity index (χ4n) is 2.10. The molecule has 0 saturated heterocycles. The van der Waals surface area contributed by atoms with E-state index in [1.807, 2.05) is 49.3 Å². The van der Waals surface area contributed by atoms with Gasteiger partial charge in [0, 0.05) is 20.1 Å². The van der Waals surface area contributed by atoms with Crippen LogP contribution >= 0.6 is 0 Å². The molecule has 0 aliphatic rings. The van der Waals surface area contributed by atoms with Crippen molar-refractivity contribution >= 4 is 5.91 Å². The van der Waals surface area contributed by atoms with Gasteiger partial charge in [-0.1, -0.05) is 44.2 Å². The Labute approximate surface area is 110 Å². The van der Waals surface area contributed by atoms with Gasteiger partial charge >= 0.3 is 0 Å². The number of carbonyl (C=O) groups excluding carboxylic acids is 1. The smallest absolute Gasteiger partial charge is 0.230 e. The topological polar surface area (TPSA) is 32.3 Å². The van der Waals surface area contributed by atoms with Crippen LogP contribution in [0.5, 0.6) is 0 Å². The Kier molecular flexibility index (Phi) is 5.86.